The Morgan fingerprint density at radius 2 is 1.66 bits per heavy atom. The van der Waals surface area contributed by atoms with Crippen molar-refractivity contribution in [1.29, 1.82) is 0 Å². The van der Waals surface area contributed by atoms with Crippen molar-refractivity contribution in [3.05, 3.63) is 71.8 Å². The van der Waals surface area contributed by atoms with Crippen LogP contribution in [-0.2, 0) is 10.3 Å². The summed E-state index contributed by atoms with van der Waals surface area (Å²) >= 11 is 0. The fraction of sp³-hybridized carbons (Fsp3) is 0.269. The molecule has 1 unspecified atom stereocenters. The number of hydrogen-bond donors (Lipinski definition) is 1. The zero-order chi connectivity index (χ0) is 22.6. The highest BCUT2D eigenvalue weighted by Gasteiger charge is 2.47. The number of hydrogen-bond acceptors (Lipinski definition) is 6. The first-order valence-electron chi connectivity index (χ1n) is 10.7. The van der Waals surface area contributed by atoms with Crippen molar-refractivity contribution in [2.24, 2.45) is 10.7 Å². The third kappa shape index (κ3) is 3.90. The normalized spacial score (nSPS) is 17.4. The summed E-state index contributed by atoms with van der Waals surface area (Å²) < 4.78 is 11.8. The number of fused-ring (bicyclic) bond motifs is 4. The predicted octanol–water partition coefficient (Wildman–Crippen LogP) is 5.02. The van der Waals surface area contributed by atoms with E-state index in [4.69, 9.17) is 20.2 Å². The van der Waals surface area contributed by atoms with Gasteiger partial charge in [0.1, 0.15) is 24.4 Å². The van der Waals surface area contributed by atoms with Crippen LogP contribution in [0.4, 0.5) is 0 Å². The Bertz CT molecular complexity index is 1210. The molecule has 1 aromatic heterocycles. The molecule has 2 N–H and O–H groups in total. The molecule has 0 saturated carbocycles. The van der Waals surface area contributed by atoms with Crippen LogP contribution in [0.25, 0.3) is 11.1 Å². The summed E-state index contributed by atoms with van der Waals surface area (Å²) in [6.45, 7) is 6.48. The highest BCUT2D eigenvalue weighted by atomic mass is 16.5. The maximum absolute atomic E-state index is 6.18. The lowest BCUT2D eigenvalue weighted by atomic mass is 9.80. The summed E-state index contributed by atoms with van der Waals surface area (Å²) in [5.74, 6) is 7.48. The first-order chi connectivity index (χ1) is 15.6. The maximum Gasteiger partial charge on any atom is 0.283 e. The number of rotatable bonds is 2. The van der Waals surface area contributed by atoms with Crippen LogP contribution >= 0.6 is 0 Å². The number of ether oxygens (including phenoxy) is 2. The molecule has 0 radical (unpaired) electrons. The Morgan fingerprint density at radius 1 is 0.969 bits per heavy atom. The molecule has 0 saturated heterocycles. The van der Waals surface area contributed by atoms with Crippen LogP contribution in [0.5, 0.6) is 11.5 Å². The molecule has 0 fully saturated rings. The van der Waals surface area contributed by atoms with Gasteiger partial charge in [0.15, 0.2) is 5.54 Å². The highest BCUT2D eigenvalue weighted by molar-refractivity contribution is 5.78. The zero-order valence-electron chi connectivity index (χ0n) is 18.6. The van der Waals surface area contributed by atoms with E-state index in [2.05, 4.69) is 35.7 Å². The molecule has 162 valence electrons. The van der Waals surface area contributed by atoms with Crippen LogP contribution in [0.1, 0.15) is 50.3 Å². The Kier molecular flexibility index (Phi) is 6.09. The second-order valence-corrected chi connectivity index (χ2v) is 7.63. The lowest BCUT2D eigenvalue weighted by molar-refractivity contribution is 0.264. The number of aliphatic imine (C=N–C) groups is 1. The summed E-state index contributed by atoms with van der Waals surface area (Å²) in [5, 5.41) is 0. The maximum atomic E-state index is 6.18. The smallest absolute Gasteiger partial charge is 0.283 e. The molecule has 2 aliphatic heterocycles. The standard InChI is InChI=1S/C22H16N4O2.C4H10/c1-2-3-14-4-6-19-17(8-14)22(12-27-21(23)26-22)18-9-15(5-7-20(18)28-19)16-10-24-13-25-11-16;1-3-4-2/h4-11,13H,12H2,1H3,(H2,23,26);3-4H2,1-2H3. The predicted molar refractivity (Wildman–Crippen MR) is 125 cm³/mol. The molecular formula is C26H26N4O2. The number of benzene rings is 2. The van der Waals surface area contributed by atoms with E-state index < -0.39 is 5.54 Å². The second-order valence-electron chi connectivity index (χ2n) is 7.63. The molecular weight excluding hydrogens is 400 g/mol. The topological polar surface area (TPSA) is 82.6 Å². The Morgan fingerprint density at radius 3 is 2.28 bits per heavy atom. The van der Waals surface area contributed by atoms with Gasteiger partial charge in [-0.15, -0.1) is 5.92 Å². The van der Waals surface area contributed by atoms with Gasteiger partial charge in [-0.05, 0) is 42.8 Å². The van der Waals surface area contributed by atoms with E-state index in [9.17, 15) is 0 Å². The van der Waals surface area contributed by atoms with E-state index in [0.29, 0.717) is 6.61 Å². The van der Waals surface area contributed by atoms with Gasteiger partial charge < -0.3 is 15.2 Å². The Hall–Kier alpha value is -3.85. The van der Waals surface area contributed by atoms with E-state index in [0.717, 1.165) is 39.3 Å². The molecule has 3 aromatic rings. The summed E-state index contributed by atoms with van der Waals surface area (Å²) in [4.78, 5) is 12.9. The molecule has 2 aromatic carbocycles. The van der Waals surface area contributed by atoms with Gasteiger partial charge >= 0.3 is 0 Å². The van der Waals surface area contributed by atoms with Crippen LogP contribution in [0.3, 0.4) is 0 Å². The average Bonchev–Trinajstić information content (AvgIpc) is 3.22. The van der Waals surface area contributed by atoms with Crippen molar-refractivity contribution in [2.45, 2.75) is 39.2 Å². The van der Waals surface area contributed by atoms with Crippen molar-refractivity contribution in [3.63, 3.8) is 0 Å². The second kappa shape index (κ2) is 9.11. The van der Waals surface area contributed by atoms with Gasteiger partial charge in [-0.2, -0.15) is 0 Å². The van der Waals surface area contributed by atoms with E-state index in [1.54, 1.807) is 12.4 Å². The summed E-state index contributed by atoms with van der Waals surface area (Å²) in [6, 6.07) is 12.0. The van der Waals surface area contributed by atoms with Crippen LogP contribution in [0.15, 0.2) is 60.1 Å². The molecule has 6 heteroatoms. The molecule has 2 aliphatic rings. The van der Waals surface area contributed by atoms with E-state index in [-0.39, 0.29) is 6.02 Å². The number of nitrogens with zero attached hydrogens (tertiary/aromatic N) is 3. The van der Waals surface area contributed by atoms with Crippen LogP contribution < -0.4 is 10.5 Å². The largest absolute Gasteiger partial charge is 0.462 e. The van der Waals surface area contributed by atoms with E-state index >= 15 is 0 Å². The van der Waals surface area contributed by atoms with Gasteiger partial charge in [0.2, 0.25) is 0 Å². The summed E-state index contributed by atoms with van der Waals surface area (Å²) in [5.41, 5.74) is 9.72. The fourth-order valence-electron chi connectivity index (χ4n) is 3.70. The van der Waals surface area contributed by atoms with Crippen LogP contribution in [-0.4, -0.2) is 22.6 Å². The number of nitrogens with two attached hydrogens (primary N) is 1. The van der Waals surface area contributed by atoms with Crippen molar-refractivity contribution in [3.8, 4) is 34.5 Å². The third-order valence-corrected chi connectivity index (χ3v) is 5.46. The molecule has 3 heterocycles. The first kappa shape index (κ1) is 21.4. The Labute approximate surface area is 188 Å². The molecule has 0 bridgehead atoms. The minimum Gasteiger partial charge on any atom is -0.462 e. The van der Waals surface area contributed by atoms with Crippen LogP contribution in [0, 0.1) is 11.8 Å². The molecule has 32 heavy (non-hydrogen) atoms. The monoisotopic (exact) mass is 426 g/mol. The van der Waals surface area contributed by atoms with Gasteiger partial charge in [-0.3, -0.25) is 0 Å². The molecule has 0 aliphatic carbocycles. The number of amidine groups is 1. The minimum atomic E-state index is -0.774. The SMILES string of the molecule is CC#Cc1ccc2c(c1)C1(COC(N)=N1)c1cc(-c3cncnc3)ccc1O2.CCCC. The molecule has 6 nitrogen and oxygen atoms in total. The number of aromatic nitrogens is 2. The fourth-order valence-corrected chi connectivity index (χ4v) is 3.70. The van der Waals surface area contributed by atoms with Crippen LogP contribution in [0.2, 0.25) is 0 Å². The highest BCUT2D eigenvalue weighted by Crippen LogP contribution is 2.51. The number of unbranched alkanes of at least 4 members (excludes halogenated alkanes) is 1. The zero-order valence-corrected chi connectivity index (χ0v) is 18.6. The molecule has 1 spiro atoms. The van der Waals surface area contributed by atoms with E-state index in [1.807, 2.05) is 43.3 Å². The van der Waals surface area contributed by atoms with E-state index in [1.165, 1.54) is 19.2 Å². The third-order valence-electron chi connectivity index (χ3n) is 5.46. The Balaban J connectivity index is 0.000000567. The average molecular weight is 427 g/mol. The van der Waals surface area contributed by atoms with Gasteiger partial charge in [0.25, 0.3) is 6.02 Å². The van der Waals surface area contributed by atoms with Crippen molar-refractivity contribution < 1.29 is 9.47 Å². The van der Waals surface area contributed by atoms with Gasteiger partial charge in [-0.25, -0.2) is 15.0 Å². The molecule has 0 amide bonds. The summed E-state index contributed by atoms with van der Waals surface area (Å²) in [6.07, 6.45) is 7.70. The van der Waals surface area contributed by atoms with Gasteiger partial charge in [-0.1, -0.05) is 38.7 Å². The lowest BCUT2D eigenvalue weighted by Gasteiger charge is -2.33. The molecule has 5 rings (SSSR count). The van der Waals surface area contributed by atoms with Gasteiger partial charge in [0, 0.05) is 34.6 Å². The molecule has 1 atom stereocenters. The van der Waals surface area contributed by atoms with Gasteiger partial charge in [0.05, 0.1) is 0 Å². The first-order valence-corrected chi connectivity index (χ1v) is 10.7. The minimum absolute atomic E-state index is 0.166. The van der Waals surface area contributed by atoms with Crippen molar-refractivity contribution >= 4 is 6.02 Å². The lowest BCUT2D eigenvalue weighted by Crippen LogP contribution is -2.31. The van der Waals surface area contributed by atoms with Crippen molar-refractivity contribution in [1.82, 2.24) is 9.97 Å². The quantitative estimate of drug-likeness (QED) is 0.582. The summed E-state index contributed by atoms with van der Waals surface area (Å²) in [7, 11) is 0. The van der Waals surface area contributed by atoms with Crippen molar-refractivity contribution in [2.75, 3.05) is 6.61 Å².